The molecule has 0 aliphatic heterocycles. The molecule has 3 rings (SSSR count). The summed E-state index contributed by atoms with van der Waals surface area (Å²) in [4.78, 5) is 11.3. The van der Waals surface area contributed by atoms with Gasteiger partial charge in [-0.2, -0.15) is 0 Å². The Kier molecular flexibility index (Phi) is 4.25. The fraction of sp³-hybridized carbons (Fsp3) is 0.471. The molecule has 1 aromatic heterocycles. The molecule has 1 aromatic carbocycles. The Morgan fingerprint density at radius 3 is 2.95 bits per heavy atom. The number of aromatic nitrogens is 1. The van der Waals surface area contributed by atoms with Crippen molar-refractivity contribution < 1.29 is 4.79 Å². The smallest absolute Gasteiger partial charge is 0.219 e. The lowest BCUT2D eigenvalue weighted by atomic mass is 10.1. The number of aryl methyl sites for hydroxylation is 1. The minimum Gasteiger partial charge on any atom is -0.359 e. The quantitative estimate of drug-likeness (QED) is 0.820. The second-order valence-electron chi connectivity index (χ2n) is 5.79. The molecule has 1 aliphatic rings. The monoisotopic (exact) mass is 285 g/mol. The largest absolute Gasteiger partial charge is 0.359 e. The molecule has 1 heterocycles. The van der Waals surface area contributed by atoms with Gasteiger partial charge in [-0.15, -0.1) is 0 Å². The summed E-state index contributed by atoms with van der Waals surface area (Å²) in [5.74, 6) is 0.112. The zero-order valence-corrected chi connectivity index (χ0v) is 12.6. The minimum absolute atomic E-state index is 0.112. The van der Waals surface area contributed by atoms with Crippen molar-refractivity contribution >= 4 is 16.8 Å². The lowest BCUT2D eigenvalue weighted by Crippen LogP contribution is -2.17. The first-order chi connectivity index (χ1) is 10.3. The third kappa shape index (κ3) is 3.45. The molecule has 0 atom stereocenters. The van der Waals surface area contributed by atoms with Crippen LogP contribution in [0.15, 0.2) is 30.5 Å². The van der Waals surface area contributed by atoms with E-state index in [2.05, 4.69) is 45.7 Å². The maximum Gasteiger partial charge on any atom is 0.219 e. The van der Waals surface area contributed by atoms with Crippen molar-refractivity contribution in [1.29, 1.82) is 0 Å². The van der Waals surface area contributed by atoms with E-state index >= 15 is 0 Å². The highest BCUT2D eigenvalue weighted by atomic mass is 16.1. The van der Waals surface area contributed by atoms with Crippen LogP contribution in [0, 0.1) is 0 Å². The van der Waals surface area contributed by atoms with Crippen LogP contribution in [0.3, 0.4) is 0 Å². The fourth-order valence-corrected chi connectivity index (χ4v) is 2.71. The number of nitrogens with zero attached hydrogens (tertiary/aromatic N) is 1. The molecular formula is C17H23N3O. The van der Waals surface area contributed by atoms with Crippen LogP contribution in [0.4, 0.5) is 0 Å². The van der Waals surface area contributed by atoms with Gasteiger partial charge in [0.15, 0.2) is 0 Å². The number of benzene rings is 1. The Morgan fingerprint density at radius 1 is 1.33 bits per heavy atom. The van der Waals surface area contributed by atoms with E-state index in [4.69, 9.17) is 0 Å². The number of carbonyl (C=O) groups is 1. The van der Waals surface area contributed by atoms with Gasteiger partial charge in [0.1, 0.15) is 0 Å². The van der Waals surface area contributed by atoms with Crippen molar-refractivity contribution in [3.63, 3.8) is 0 Å². The number of hydrogen-bond acceptors (Lipinski definition) is 2. The van der Waals surface area contributed by atoms with Crippen molar-refractivity contribution in [1.82, 2.24) is 15.2 Å². The van der Waals surface area contributed by atoms with E-state index in [0.717, 1.165) is 25.6 Å². The van der Waals surface area contributed by atoms with Gasteiger partial charge in [-0.3, -0.25) is 4.79 Å². The molecule has 2 N–H and O–H groups in total. The maximum atomic E-state index is 11.3. The average Bonchev–Trinajstić information content (AvgIpc) is 3.25. The maximum absolute atomic E-state index is 11.3. The molecule has 0 saturated heterocycles. The molecule has 0 unspecified atom stereocenters. The van der Waals surface area contributed by atoms with Crippen LogP contribution < -0.4 is 10.6 Å². The molecule has 0 radical (unpaired) electrons. The van der Waals surface area contributed by atoms with Crippen molar-refractivity contribution in [3.8, 4) is 0 Å². The molecule has 2 aromatic rings. The highest BCUT2D eigenvalue weighted by molar-refractivity contribution is 5.83. The molecule has 112 valence electrons. The predicted molar refractivity (Wildman–Crippen MR) is 85.1 cm³/mol. The summed E-state index contributed by atoms with van der Waals surface area (Å²) in [6.07, 6.45) is 6.22. The number of carbonyl (C=O) groups excluding carboxylic acids is 1. The fourth-order valence-electron chi connectivity index (χ4n) is 2.71. The van der Waals surface area contributed by atoms with Crippen molar-refractivity contribution in [2.24, 2.45) is 0 Å². The van der Waals surface area contributed by atoms with Gasteiger partial charge in [0.2, 0.25) is 5.91 Å². The molecule has 1 fully saturated rings. The summed E-state index contributed by atoms with van der Waals surface area (Å²) in [5, 5.41) is 7.57. The van der Waals surface area contributed by atoms with E-state index in [-0.39, 0.29) is 5.91 Å². The molecule has 1 amide bonds. The first kappa shape index (κ1) is 14.1. The van der Waals surface area contributed by atoms with Crippen LogP contribution in [0.5, 0.6) is 0 Å². The Morgan fingerprint density at radius 2 is 2.19 bits per heavy atom. The average molecular weight is 285 g/mol. The minimum atomic E-state index is 0.112. The first-order valence-electron chi connectivity index (χ1n) is 7.78. The summed E-state index contributed by atoms with van der Waals surface area (Å²) in [5.41, 5.74) is 2.63. The van der Waals surface area contributed by atoms with Gasteiger partial charge in [-0.25, -0.2) is 0 Å². The number of amides is 1. The van der Waals surface area contributed by atoms with Crippen LogP contribution in [-0.4, -0.2) is 23.6 Å². The summed E-state index contributed by atoms with van der Waals surface area (Å²) >= 11 is 0. The molecule has 21 heavy (non-hydrogen) atoms. The van der Waals surface area contributed by atoms with Gasteiger partial charge in [0.05, 0.1) is 0 Å². The topological polar surface area (TPSA) is 46.1 Å². The Bertz CT molecular complexity index is 628. The van der Waals surface area contributed by atoms with Gasteiger partial charge in [-0.1, -0.05) is 12.1 Å². The van der Waals surface area contributed by atoms with Crippen LogP contribution in [0.25, 0.3) is 10.9 Å². The van der Waals surface area contributed by atoms with Crippen LogP contribution in [-0.2, 0) is 17.9 Å². The highest BCUT2D eigenvalue weighted by Gasteiger charge is 2.20. The van der Waals surface area contributed by atoms with Gasteiger partial charge in [0.25, 0.3) is 0 Å². The van der Waals surface area contributed by atoms with Crippen LogP contribution >= 0.6 is 0 Å². The van der Waals surface area contributed by atoms with E-state index in [1.165, 1.54) is 29.3 Å². The Balaban J connectivity index is 1.68. The van der Waals surface area contributed by atoms with E-state index in [1.54, 1.807) is 7.05 Å². The zero-order chi connectivity index (χ0) is 14.7. The Labute approximate surface area is 125 Å². The lowest BCUT2D eigenvalue weighted by molar-refractivity contribution is -0.120. The Hall–Kier alpha value is -1.81. The first-order valence-corrected chi connectivity index (χ1v) is 7.78. The van der Waals surface area contributed by atoms with E-state index in [0.29, 0.717) is 6.42 Å². The SMILES string of the molecule is CNC(=O)CCCn1ccc2c(CNC3CC3)cccc21. The number of nitrogens with one attached hydrogen (secondary N) is 2. The molecule has 4 nitrogen and oxygen atoms in total. The van der Waals surface area contributed by atoms with Gasteiger partial charge >= 0.3 is 0 Å². The van der Waals surface area contributed by atoms with Crippen molar-refractivity contribution in [3.05, 3.63) is 36.0 Å². The molecule has 4 heteroatoms. The van der Waals surface area contributed by atoms with Crippen molar-refractivity contribution in [2.45, 2.75) is 44.8 Å². The summed E-state index contributed by atoms with van der Waals surface area (Å²) in [7, 11) is 1.69. The molecular weight excluding hydrogens is 262 g/mol. The molecule has 0 bridgehead atoms. The third-order valence-electron chi connectivity index (χ3n) is 4.14. The third-order valence-corrected chi connectivity index (χ3v) is 4.14. The number of fused-ring (bicyclic) bond motifs is 1. The van der Waals surface area contributed by atoms with Gasteiger partial charge in [-0.05, 0) is 37.0 Å². The van der Waals surface area contributed by atoms with Crippen LogP contribution in [0.1, 0.15) is 31.2 Å². The van der Waals surface area contributed by atoms with Crippen molar-refractivity contribution in [2.75, 3.05) is 7.05 Å². The molecule has 0 spiro atoms. The summed E-state index contributed by atoms with van der Waals surface area (Å²) < 4.78 is 2.25. The normalized spacial score (nSPS) is 14.5. The summed E-state index contributed by atoms with van der Waals surface area (Å²) in [6.45, 7) is 1.83. The molecule has 1 aliphatic carbocycles. The van der Waals surface area contributed by atoms with Gasteiger partial charge < -0.3 is 15.2 Å². The summed E-state index contributed by atoms with van der Waals surface area (Å²) in [6, 6.07) is 9.41. The second-order valence-corrected chi connectivity index (χ2v) is 5.79. The lowest BCUT2D eigenvalue weighted by Gasteiger charge is -2.08. The number of hydrogen-bond donors (Lipinski definition) is 2. The van der Waals surface area contributed by atoms with E-state index in [1.807, 2.05) is 0 Å². The zero-order valence-electron chi connectivity index (χ0n) is 12.6. The molecule has 1 saturated carbocycles. The van der Waals surface area contributed by atoms with E-state index in [9.17, 15) is 4.79 Å². The highest BCUT2D eigenvalue weighted by Crippen LogP contribution is 2.23. The standard InChI is InChI=1S/C17H23N3O/c1-18-17(21)6-3-10-20-11-9-15-13(4-2-5-16(15)20)12-19-14-7-8-14/h2,4-5,9,11,14,19H,3,6-8,10,12H2,1H3,(H,18,21). The van der Waals surface area contributed by atoms with Crippen LogP contribution in [0.2, 0.25) is 0 Å². The van der Waals surface area contributed by atoms with E-state index < -0.39 is 0 Å². The predicted octanol–water partition coefficient (Wildman–Crippen LogP) is 2.42. The second kappa shape index (κ2) is 6.31. The van der Waals surface area contributed by atoms with Gasteiger partial charge in [0, 0.05) is 49.7 Å². The number of rotatable bonds is 7.